The molecule has 0 radical (unpaired) electrons. The van der Waals surface area contributed by atoms with E-state index in [1.54, 1.807) is 13.8 Å². The van der Waals surface area contributed by atoms with Crippen LogP contribution in [0.15, 0.2) is 60.6 Å². The largest absolute Gasteiger partial charge is 0.463 e. The number of hydrogen-bond acceptors (Lipinski definition) is 8. The van der Waals surface area contributed by atoms with Gasteiger partial charge in [0.1, 0.15) is 21.3 Å². The van der Waals surface area contributed by atoms with Crippen LogP contribution in [0.1, 0.15) is 31.2 Å². The van der Waals surface area contributed by atoms with Gasteiger partial charge in [0.2, 0.25) is 0 Å². The summed E-state index contributed by atoms with van der Waals surface area (Å²) < 4.78 is 12.9. The highest BCUT2D eigenvalue weighted by atomic mass is 79.9. The van der Waals surface area contributed by atoms with Crippen LogP contribution in [-0.2, 0) is 9.53 Å². The van der Waals surface area contributed by atoms with Crippen LogP contribution >= 0.6 is 27.3 Å². The Morgan fingerprint density at radius 1 is 1.34 bits per heavy atom. The number of halogens is 1. The van der Waals surface area contributed by atoms with Crippen LogP contribution in [-0.4, -0.2) is 22.1 Å². The summed E-state index contributed by atoms with van der Waals surface area (Å²) in [4.78, 5) is 41.2. The first kappa shape index (κ1) is 21.9. The normalized spacial score (nSPS) is 16.0. The maximum Gasteiger partial charge on any atom is 0.433 e. The lowest BCUT2D eigenvalue weighted by molar-refractivity contribution is -0.402. The fraction of sp³-hybridized carbons (Fsp3) is 0.190. The number of aromatic nitrogens is 1. The van der Waals surface area contributed by atoms with E-state index in [4.69, 9.17) is 9.15 Å². The summed E-state index contributed by atoms with van der Waals surface area (Å²) in [6.45, 7) is 3.57. The Kier molecular flexibility index (Phi) is 5.94. The van der Waals surface area contributed by atoms with Crippen LogP contribution in [0, 0.1) is 10.1 Å². The van der Waals surface area contributed by atoms with Gasteiger partial charge in [-0.15, -0.1) is 0 Å². The number of hydrogen-bond donors (Lipinski definition) is 0. The Morgan fingerprint density at radius 2 is 2.06 bits per heavy atom. The molecule has 1 aliphatic heterocycles. The van der Waals surface area contributed by atoms with Crippen LogP contribution in [0.25, 0.3) is 11.8 Å². The molecule has 0 fully saturated rings. The van der Waals surface area contributed by atoms with Crippen molar-refractivity contribution in [1.29, 1.82) is 0 Å². The molecular formula is C21H16BrN3O6S. The number of carbonyl (C=O) groups is 1. The predicted octanol–water partition coefficient (Wildman–Crippen LogP) is 3.17. The summed E-state index contributed by atoms with van der Waals surface area (Å²) in [5.74, 6) is -0.791. The van der Waals surface area contributed by atoms with E-state index in [2.05, 4.69) is 20.9 Å². The highest BCUT2D eigenvalue weighted by molar-refractivity contribution is 9.10. The van der Waals surface area contributed by atoms with Crippen molar-refractivity contribution < 1.29 is 18.9 Å². The number of rotatable bonds is 5. The van der Waals surface area contributed by atoms with Gasteiger partial charge in [0.15, 0.2) is 4.80 Å². The van der Waals surface area contributed by atoms with Crippen LogP contribution in [0.5, 0.6) is 0 Å². The van der Waals surface area contributed by atoms with Gasteiger partial charge in [0.25, 0.3) is 5.56 Å². The molecule has 0 bridgehead atoms. The molecule has 0 spiro atoms. The highest BCUT2D eigenvalue weighted by Crippen LogP contribution is 2.32. The van der Waals surface area contributed by atoms with Gasteiger partial charge in [0, 0.05) is 16.2 Å². The number of ether oxygens (including phenoxy) is 1. The summed E-state index contributed by atoms with van der Waals surface area (Å²) in [5, 5.41) is 10.8. The molecule has 1 aromatic carbocycles. The molecule has 164 valence electrons. The van der Waals surface area contributed by atoms with E-state index in [-0.39, 0.29) is 22.5 Å². The Bertz CT molecular complexity index is 1430. The monoisotopic (exact) mass is 517 g/mol. The third kappa shape index (κ3) is 3.96. The first-order valence-electron chi connectivity index (χ1n) is 9.49. The molecule has 1 aliphatic rings. The summed E-state index contributed by atoms with van der Waals surface area (Å²) >= 11 is 4.51. The average Bonchev–Trinajstić information content (AvgIpc) is 3.34. The minimum Gasteiger partial charge on any atom is -0.463 e. The first-order valence-corrected chi connectivity index (χ1v) is 11.1. The predicted molar refractivity (Wildman–Crippen MR) is 121 cm³/mol. The Morgan fingerprint density at radius 3 is 2.69 bits per heavy atom. The van der Waals surface area contributed by atoms with Gasteiger partial charge >= 0.3 is 11.9 Å². The first-order chi connectivity index (χ1) is 15.3. The minimum atomic E-state index is -0.652. The zero-order valence-electron chi connectivity index (χ0n) is 16.9. The lowest BCUT2D eigenvalue weighted by Gasteiger charge is -2.22. The number of fused-ring (bicyclic) bond motifs is 1. The number of carbonyl (C=O) groups excluding carboxylic acids is 1. The maximum absolute atomic E-state index is 13.1. The van der Waals surface area contributed by atoms with E-state index >= 15 is 0 Å². The summed E-state index contributed by atoms with van der Waals surface area (Å²) in [5.41, 5.74) is 1.07. The van der Waals surface area contributed by atoms with Gasteiger partial charge in [-0.2, -0.15) is 0 Å². The van der Waals surface area contributed by atoms with E-state index < -0.39 is 28.4 Å². The zero-order chi connectivity index (χ0) is 23.0. The molecule has 3 aromatic rings. The molecule has 2 aromatic heterocycles. The summed E-state index contributed by atoms with van der Waals surface area (Å²) in [6.07, 6.45) is 1.42. The molecular weight excluding hydrogens is 502 g/mol. The molecule has 0 saturated carbocycles. The standard InChI is InChI=1S/C21H16BrN3O6S/c1-3-30-20(27)17-11(2)24-19(26)15(10-14-8-9-16(31-14)25(28)29)32-21(24)23-18(17)12-4-6-13(22)7-5-12/h4-10,18H,3H2,1-2H3/b15-10+/t18-/m1/s1. The number of thiazole rings is 1. The second-order valence-electron chi connectivity index (χ2n) is 6.77. The number of esters is 1. The molecule has 11 heteroatoms. The molecule has 0 saturated heterocycles. The van der Waals surface area contributed by atoms with E-state index in [1.807, 2.05) is 24.3 Å². The molecule has 32 heavy (non-hydrogen) atoms. The van der Waals surface area contributed by atoms with Gasteiger partial charge in [-0.05, 0) is 37.6 Å². The van der Waals surface area contributed by atoms with Gasteiger partial charge in [-0.1, -0.05) is 39.4 Å². The van der Waals surface area contributed by atoms with Crippen molar-refractivity contribution in [3.05, 3.63) is 87.6 Å². The fourth-order valence-electron chi connectivity index (χ4n) is 3.35. The van der Waals surface area contributed by atoms with Crippen molar-refractivity contribution >= 4 is 50.9 Å². The Hall–Kier alpha value is -3.31. The quantitative estimate of drug-likeness (QED) is 0.291. The zero-order valence-corrected chi connectivity index (χ0v) is 19.3. The SMILES string of the molecule is CCOC(=O)C1=C(C)n2c(s/c(=C/c3ccc([N+](=O)[O-])o3)c2=O)=N[C@@H]1c1ccc(Br)cc1. The maximum atomic E-state index is 13.1. The second-order valence-corrected chi connectivity index (χ2v) is 8.69. The lowest BCUT2D eigenvalue weighted by Crippen LogP contribution is -2.35. The van der Waals surface area contributed by atoms with Crippen LogP contribution < -0.4 is 14.9 Å². The van der Waals surface area contributed by atoms with E-state index in [0.29, 0.717) is 10.5 Å². The minimum absolute atomic E-state index is 0.171. The van der Waals surface area contributed by atoms with Crippen LogP contribution in [0.4, 0.5) is 5.88 Å². The van der Waals surface area contributed by atoms with Crippen molar-refractivity contribution in [3.8, 4) is 0 Å². The van der Waals surface area contributed by atoms with Crippen molar-refractivity contribution in [1.82, 2.24) is 4.57 Å². The number of furan rings is 1. The topological polar surface area (TPSA) is 117 Å². The number of nitro groups is 1. The van der Waals surface area contributed by atoms with Crippen LogP contribution in [0.3, 0.4) is 0 Å². The molecule has 0 amide bonds. The number of allylic oxidation sites excluding steroid dienone is 1. The number of benzene rings is 1. The molecule has 0 N–H and O–H groups in total. The molecule has 4 rings (SSSR count). The Balaban J connectivity index is 1.91. The third-order valence-corrected chi connectivity index (χ3v) is 6.30. The number of nitrogens with zero attached hydrogens (tertiary/aromatic N) is 3. The molecule has 0 aliphatic carbocycles. The van der Waals surface area contributed by atoms with Crippen molar-refractivity contribution in [3.63, 3.8) is 0 Å². The Labute approximate surface area is 193 Å². The lowest BCUT2D eigenvalue weighted by atomic mass is 9.97. The molecule has 9 nitrogen and oxygen atoms in total. The summed E-state index contributed by atoms with van der Waals surface area (Å²) in [6, 6.07) is 9.38. The molecule has 1 atom stereocenters. The van der Waals surface area contributed by atoms with Gasteiger partial charge < -0.3 is 9.15 Å². The van der Waals surface area contributed by atoms with E-state index in [9.17, 15) is 19.7 Å². The highest BCUT2D eigenvalue weighted by Gasteiger charge is 2.31. The van der Waals surface area contributed by atoms with E-state index in [0.717, 1.165) is 21.4 Å². The van der Waals surface area contributed by atoms with Crippen molar-refractivity contribution in [2.45, 2.75) is 19.9 Å². The van der Waals surface area contributed by atoms with Gasteiger partial charge in [0.05, 0.1) is 18.2 Å². The van der Waals surface area contributed by atoms with Crippen LogP contribution in [0.2, 0.25) is 0 Å². The fourth-order valence-corrected chi connectivity index (χ4v) is 4.63. The van der Waals surface area contributed by atoms with Crippen molar-refractivity contribution in [2.24, 2.45) is 4.99 Å². The average molecular weight is 518 g/mol. The van der Waals surface area contributed by atoms with Gasteiger partial charge in [-0.3, -0.25) is 19.5 Å². The van der Waals surface area contributed by atoms with Crippen molar-refractivity contribution in [2.75, 3.05) is 6.61 Å². The third-order valence-electron chi connectivity index (χ3n) is 4.79. The van der Waals surface area contributed by atoms with Gasteiger partial charge in [-0.25, -0.2) is 9.79 Å². The smallest absolute Gasteiger partial charge is 0.433 e. The summed E-state index contributed by atoms with van der Waals surface area (Å²) in [7, 11) is 0. The molecule has 0 unspecified atom stereocenters. The second kappa shape index (κ2) is 8.67. The van der Waals surface area contributed by atoms with E-state index in [1.165, 1.54) is 22.8 Å². The molecule has 3 heterocycles.